The lowest BCUT2D eigenvalue weighted by atomic mass is 10.2. The molecule has 0 radical (unpaired) electrons. The SMILES string of the molecule is CSC[C@H](C)OC(=O)c1cncc(C)c1. The van der Waals surface area contributed by atoms with Crippen molar-refractivity contribution in [3.05, 3.63) is 29.6 Å². The number of carbonyl (C=O) groups is 1. The molecule has 4 heteroatoms. The third kappa shape index (κ3) is 3.91. The summed E-state index contributed by atoms with van der Waals surface area (Å²) in [5.41, 5.74) is 1.48. The maximum absolute atomic E-state index is 11.6. The lowest BCUT2D eigenvalue weighted by Gasteiger charge is -2.11. The largest absolute Gasteiger partial charge is 0.458 e. The number of rotatable bonds is 4. The Labute approximate surface area is 94.2 Å². The van der Waals surface area contributed by atoms with Crippen LogP contribution in [-0.4, -0.2) is 29.1 Å². The summed E-state index contributed by atoms with van der Waals surface area (Å²) < 4.78 is 5.23. The fourth-order valence-corrected chi connectivity index (χ4v) is 1.72. The minimum atomic E-state index is -0.298. The van der Waals surface area contributed by atoms with E-state index in [1.807, 2.05) is 20.1 Å². The van der Waals surface area contributed by atoms with E-state index in [0.29, 0.717) is 5.56 Å². The van der Waals surface area contributed by atoms with E-state index < -0.39 is 0 Å². The summed E-state index contributed by atoms with van der Waals surface area (Å²) in [6, 6.07) is 1.78. The predicted molar refractivity (Wildman–Crippen MR) is 62.2 cm³/mol. The number of ether oxygens (including phenoxy) is 1. The van der Waals surface area contributed by atoms with Gasteiger partial charge in [0.15, 0.2) is 0 Å². The first-order chi connectivity index (χ1) is 7.13. The molecule has 1 aromatic rings. The number of esters is 1. The van der Waals surface area contributed by atoms with Crippen molar-refractivity contribution in [1.29, 1.82) is 0 Å². The highest BCUT2D eigenvalue weighted by molar-refractivity contribution is 7.98. The molecule has 82 valence electrons. The fraction of sp³-hybridized carbons (Fsp3) is 0.455. The van der Waals surface area contributed by atoms with E-state index in [0.717, 1.165) is 11.3 Å². The molecule has 15 heavy (non-hydrogen) atoms. The third-order valence-corrected chi connectivity index (χ3v) is 2.62. The van der Waals surface area contributed by atoms with Crippen molar-refractivity contribution in [2.45, 2.75) is 20.0 Å². The molecule has 0 fully saturated rings. The standard InChI is InChI=1S/C11H15NO2S/c1-8-4-10(6-12-5-8)11(13)14-9(2)7-15-3/h4-6,9H,7H2,1-3H3/t9-/m0/s1. The van der Waals surface area contributed by atoms with Gasteiger partial charge in [0.25, 0.3) is 0 Å². The number of hydrogen-bond acceptors (Lipinski definition) is 4. The first-order valence-electron chi connectivity index (χ1n) is 4.75. The highest BCUT2D eigenvalue weighted by Crippen LogP contribution is 2.07. The Morgan fingerprint density at radius 1 is 1.60 bits per heavy atom. The van der Waals surface area contributed by atoms with Crippen LogP contribution < -0.4 is 0 Å². The molecule has 3 nitrogen and oxygen atoms in total. The Bertz CT molecular complexity index is 341. The van der Waals surface area contributed by atoms with E-state index in [4.69, 9.17) is 4.74 Å². The van der Waals surface area contributed by atoms with Gasteiger partial charge in [0.1, 0.15) is 6.10 Å². The Morgan fingerprint density at radius 2 is 2.33 bits per heavy atom. The van der Waals surface area contributed by atoms with Crippen molar-refractivity contribution < 1.29 is 9.53 Å². The van der Waals surface area contributed by atoms with E-state index in [9.17, 15) is 4.79 Å². The quantitative estimate of drug-likeness (QED) is 0.737. The summed E-state index contributed by atoms with van der Waals surface area (Å²) >= 11 is 1.66. The van der Waals surface area contributed by atoms with E-state index in [-0.39, 0.29) is 12.1 Å². The zero-order chi connectivity index (χ0) is 11.3. The van der Waals surface area contributed by atoms with Gasteiger partial charge in [-0.05, 0) is 31.7 Å². The Morgan fingerprint density at radius 3 is 2.93 bits per heavy atom. The zero-order valence-electron chi connectivity index (χ0n) is 9.19. The van der Waals surface area contributed by atoms with E-state index in [1.165, 1.54) is 6.20 Å². The molecule has 0 unspecified atom stereocenters. The first kappa shape index (κ1) is 12.0. The highest BCUT2D eigenvalue weighted by atomic mass is 32.2. The normalized spacial score (nSPS) is 12.2. The zero-order valence-corrected chi connectivity index (χ0v) is 10.0. The van der Waals surface area contributed by atoms with Crippen LogP contribution in [0, 0.1) is 6.92 Å². The minimum absolute atomic E-state index is 0.0620. The summed E-state index contributed by atoms with van der Waals surface area (Å²) in [5.74, 6) is 0.512. The van der Waals surface area contributed by atoms with Gasteiger partial charge >= 0.3 is 5.97 Å². The van der Waals surface area contributed by atoms with Crippen LogP contribution in [0.3, 0.4) is 0 Å². The van der Waals surface area contributed by atoms with Gasteiger partial charge in [-0.25, -0.2) is 4.79 Å². The fourth-order valence-electron chi connectivity index (χ4n) is 1.19. The second-order valence-corrected chi connectivity index (χ2v) is 4.33. The molecular weight excluding hydrogens is 210 g/mol. The molecule has 0 spiro atoms. The number of carbonyl (C=O) groups excluding carboxylic acids is 1. The van der Waals surface area contributed by atoms with Gasteiger partial charge in [-0.1, -0.05) is 0 Å². The average Bonchev–Trinajstić information content (AvgIpc) is 2.18. The molecule has 0 bridgehead atoms. The van der Waals surface area contributed by atoms with Gasteiger partial charge in [-0.15, -0.1) is 0 Å². The van der Waals surface area contributed by atoms with Crippen molar-refractivity contribution in [3.8, 4) is 0 Å². The van der Waals surface area contributed by atoms with E-state index in [2.05, 4.69) is 4.98 Å². The number of hydrogen-bond donors (Lipinski definition) is 0. The second-order valence-electron chi connectivity index (χ2n) is 3.42. The smallest absolute Gasteiger partial charge is 0.340 e. The van der Waals surface area contributed by atoms with Crippen LogP contribution in [0.25, 0.3) is 0 Å². The third-order valence-electron chi connectivity index (χ3n) is 1.82. The lowest BCUT2D eigenvalue weighted by molar-refractivity contribution is 0.0385. The van der Waals surface area contributed by atoms with Gasteiger partial charge in [0, 0.05) is 18.1 Å². The molecule has 1 atom stereocenters. The van der Waals surface area contributed by atoms with Gasteiger partial charge in [-0.3, -0.25) is 4.98 Å². The molecule has 0 saturated carbocycles. The summed E-state index contributed by atoms with van der Waals surface area (Å²) in [4.78, 5) is 15.6. The minimum Gasteiger partial charge on any atom is -0.458 e. The van der Waals surface area contributed by atoms with Crippen LogP contribution in [-0.2, 0) is 4.74 Å². The monoisotopic (exact) mass is 225 g/mol. The number of aromatic nitrogens is 1. The second kappa shape index (κ2) is 5.75. The van der Waals surface area contributed by atoms with Gasteiger partial charge in [-0.2, -0.15) is 11.8 Å². The van der Waals surface area contributed by atoms with Crippen LogP contribution in [0.2, 0.25) is 0 Å². The van der Waals surface area contributed by atoms with Crippen molar-refractivity contribution >= 4 is 17.7 Å². The molecule has 1 aromatic heterocycles. The van der Waals surface area contributed by atoms with Gasteiger partial charge < -0.3 is 4.74 Å². The number of thioether (sulfide) groups is 1. The van der Waals surface area contributed by atoms with Crippen LogP contribution in [0.1, 0.15) is 22.8 Å². The molecule has 1 rings (SSSR count). The predicted octanol–water partition coefficient (Wildman–Crippen LogP) is 2.30. The Balaban J connectivity index is 2.61. The molecule has 0 aliphatic carbocycles. The molecule has 0 amide bonds. The summed E-state index contributed by atoms with van der Waals surface area (Å²) in [7, 11) is 0. The highest BCUT2D eigenvalue weighted by Gasteiger charge is 2.11. The van der Waals surface area contributed by atoms with Crippen molar-refractivity contribution in [2.24, 2.45) is 0 Å². The lowest BCUT2D eigenvalue weighted by Crippen LogP contribution is -2.17. The summed E-state index contributed by atoms with van der Waals surface area (Å²) in [5, 5.41) is 0. The van der Waals surface area contributed by atoms with Crippen LogP contribution in [0.5, 0.6) is 0 Å². The van der Waals surface area contributed by atoms with Gasteiger partial charge in [0.05, 0.1) is 5.56 Å². The van der Waals surface area contributed by atoms with Crippen LogP contribution in [0.4, 0.5) is 0 Å². The Hall–Kier alpha value is -1.03. The Kier molecular flexibility index (Phi) is 4.62. The van der Waals surface area contributed by atoms with E-state index in [1.54, 1.807) is 24.0 Å². The first-order valence-corrected chi connectivity index (χ1v) is 6.14. The van der Waals surface area contributed by atoms with Crippen molar-refractivity contribution in [2.75, 3.05) is 12.0 Å². The molecule has 0 aliphatic rings. The summed E-state index contributed by atoms with van der Waals surface area (Å²) in [6.07, 6.45) is 5.16. The van der Waals surface area contributed by atoms with Crippen molar-refractivity contribution in [1.82, 2.24) is 4.98 Å². The topological polar surface area (TPSA) is 39.2 Å². The number of nitrogens with zero attached hydrogens (tertiary/aromatic N) is 1. The molecular formula is C11H15NO2S. The average molecular weight is 225 g/mol. The number of aryl methyl sites for hydroxylation is 1. The summed E-state index contributed by atoms with van der Waals surface area (Å²) in [6.45, 7) is 3.78. The van der Waals surface area contributed by atoms with E-state index >= 15 is 0 Å². The van der Waals surface area contributed by atoms with Crippen LogP contribution in [0.15, 0.2) is 18.5 Å². The van der Waals surface area contributed by atoms with Gasteiger partial charge in [0.2, 0.25) is 0 Å². The maximum Gasteiger partial charge on any atom is 0.340 e. The maximum atomic E-state index is 11.6. The van der Waals surface area contributed by atoms with Crippen molar-refractivity contribution in [3.63, 3.8) is 0 Å². The van der Waals surface area contributed by atoms with Crippen LogP contribution >= 0.6 is 11.8 Å². The molecule has 0 aliphatic heterocycles. The molecule has 0 aromatic carbocycles. The number of pyridine rings is 1. The molecule has 1 heterocycles. The molecule has 0 N–H and O–H groups in total. The molecule has 0 saturated heterocycles.